The molecule has 0 aliphatic heterocycles. The molecule has 7 heteroatoms. The number of fused-ring (bicyclic) bond motifs is 5. The first-order valence-electron chi connectivity index (χ1n) is 10.3. The van der Waals surface area contributed by atoms with E-state index in [1.54, 1.807) is 6.08 Å². The molecular weight excluding hydrogens is 364 g/mol. The number of rotatable bonds is 4. The number of ketones is 2. The molecule has 4 aliphatic carbocycles. The zero-order valence-corrected chi connectivity index (χ0v) is 16.0. The number of aliphatic hydroxyl groups excluding tert-OH is 4. The second-order valence-corrected chi connectivity index (χ2v) is 9.35. The van der Waals surface area contributed by atoms with Crippen LogP contribution in [0.2, 0.25) is 0 Å². The van der Waals surface area contributed by atoms with E-state index in [1.807, 2.05) is 0 Å². The van der Waals surface area contributed by atoms with Crippen LogP contribution in [0.5, 0.6) is 0 Å². The van der Waals surface area contributed by atoms with Crippen LogP contribution in [0.3, 0.4) is 0 Å². The molecule has 0 unspecified atom stereocenters. The van der Waals surface area contributed by atoms with Crippen LogP contribution in [-0.4, -0.2) is 68.6 Å². The molecule has 0 amide bonds. The van der Waals surface area contributed by atoms with Crippen LogP contribution in [0.1, 0.15) is 44.9 Å². The fourth-order valence-corrected chi connectivity index (χ4v) is 7.42. The quantitative estimate of drug-likeness (QED) is 0.443. The maximum atomic E-state index is 12.4. The molecule has 5 N–H and O–H groups in total. The Morgan fingerprint density at radius 3 is 2.50 bits per heavy atom. The van der Waals surface area contributed by atoms with Crippen molar-refractivity contribution in [2.45, 2.75) is 56.7 Å². The third-order valence-corrected chi connectivity index (χ3v) is 8.66. The molecule has 4 aliphatic rings. The van der Waals surface area contributed by atoms with Crippen LogP contribution in [-0.2, 0) is 9.59 Å². The predicted molar refractivity (Wildman–Crippen MR) is 98.0 cm³/mol. The molecular formula is C21H30O7. The van der Waals surface area contributed by atoms with Crippen LogP contribution in [0, 0.1) is 28.6 Å². The number of carbonyl (C=O) groups is 2. The Hall–Kier alpha value is -1.12. The topological polar surface area (TPSA) is 135 Å². The van der Waals surface area contributed by atoms with Gasteiger partial charge in [0.2, 0.25) is 0 Å². The molecule has 28 heavy (non-hydrogen) atoms. The van der Waals surface area contributed by atoms with E-state index in [0.29, 0.717) is 32.1 Å². The molecule has 0 aromatic heterocycles. The lowest BCUT2D eigenvalue weighted by molar-refractivity contribution is -0.202. The SMILES string of the molecule is O=C1C=C2CC[C@@H]3[C@H]([C@@H](O)C[C@@]4(CO)[C@H]3CC[C@]4(O)C(=O)CO)[C@]2(CO)CC1. The number of aliphatic hydroxyl groups is 5. The second kappa shape index (κ2) is 6.71. The van der Waals surface area contributed by atoms with Crippen molar-refractivity contribution in [3.63, 3.8) is 0 Å². The Kier molecular flexibility index (Phi) is 4.83. The lowest BCUT2D eigenvalue weighted by atomic mass is 9.44. The standard InChI is InChI=1S/C21H30O7/c22-9-17(27)21(28)6-4-15-14-2-1-12-7-13(25)3-5-19(12,10-23)18(14)16(26)8-20(15,21)11-24/h7,14-16,18,22-24,26,28H,1-6,8-11H2/t14-,15-,16-,18+,19-,20+,21-/m0/s1. The molecule has 0 radical (unpaired) electrons. The van der Waals surface area contributed by atoms with Crippen molar-refractivity contribution in [1.82, 2.24) is 0 Å². The monoisotopic (exact) mass is 394 g/mol. The lowest BCUT2D eigenvalue weighted by Crippen LogP contribution is -2.65. The summed E-state index contributed by atoms with van der Waals surface area (Å²) in [5, 5.41) is 52.5. The van der Waals surface area contributed by atoms with Crippen molar-refractivity contribution >= 4 is 11.6 Å². The molecule has 7 nitrogen and oxygen atoms in total. The van der Waals surface area contributed by atoms with Crippen LogP contribution in [0.25, 0.3) is 0 Å². The van der Waals surface area contributed by atoms with Gasteiger partial charge in [-0.15, -0.1) is 0 Å². The second-order valence-electron chi connectivity index (χ2n) is 9.35. The average Bonchev–Trinajstić information content (AvgIpc) is 3.00. The third kappa shape index (κ3) is 2.34. The van der Waals surface area contributed by atoms with E-state index in [1.165, 1.54) is 0 Å². The van der Waals surface area contributed by atoms with Gasteiger partial charge in [0.05, 0.1) is 19.3 Å². The summed E-state index contributed by atoms with van der Waals surface area (Å²) in [6.07, 6.45) is 3.57. The van der Waals surface area contributed by atoms with Crippen LogP contribution in [0.4, 0.5) is 0 Å². The molecule has 7 atom stereocenters. The molecule has 0 aromatic carbocycles. The lowest BCUT2D eigenvalue weighted by Gasteiger charge is -2.61. The summed E-state index contributed by atoms with van der Waals surface area (Å²) in [7, 11) is 0. The molecule has 0 saturated heterocycles. The number of carbonyl (C=O) groups excluding carboxylic acids is 2. The minimum Gasteiger partial charge on any atom is -0.396 e. The van der Waals surface area contributed by atoms with Crippen molar-refractivity contribution in [3.8, 4) is 0 Å². The zero-order chi connectivity index (χ0) is 20.3. The number of hydrogen-bond donors (Lipinski definition) is 5. The summed E-state index contributed by atoms with van der Waals surface area (Å²) < 4.78 is 0. The molecule has 156 valence electrons. The minimum absolute atomic E-state index is 0.0422. The molecule has 0 bridgehead atoms. The van der Waals surface area contributed by atoms with Gasteiger partial charge in [-0.3, -0.25) is 9.59 Å². The number of Topliss-reactive ketones (excluding diaryl/α,β-unsaturated/α-hetero) is 1. The Morgan fingerprint density at radius 2 is 1.86 bits per heavy atom. The highest BCUT2D eigenvalue weighted by atomic mass is 16.3. The van der Waals surface area contributed by atoms with Crippen molar-refractivity contribution in [3.05, 3.63) is 11.6 Å². The van der Waals surface area contributed by atoms with E-state index in [0.717, 1.165) is 5.57 Å². The van der Waals surface area contributed by atoms with Gasteiger partial charge in [0.1, 0.15) is 12.2 Å². The van der Waals surface area contributed by atoms with Crippen molar-refractivity contribution in [2.75, 3.05) is 19.8 Å². The summed E-state index contributed by atoms with van der Waals surface area (Å²) in [6, 6.07) is 0. The Labute approximate surface area is 164 Å². The molecule has 0 aromatic rings. The van der Waals surface area contributed by atoms with Crippen LogP contribution < -0.4 is 0 Å². The maximum Gasteiger partial charge on any atom is 0.190 e. The van der Waals surface area contributed by atoms with Gasteiger partial charge in [0.15, 0.2) is 11.6 Å². The van der Waals surface area contributed by atoms with Gasteiger partial charge in [-0.25, -0.2) is 0 Å². The normalized spacial score (nSPS) is 47.8. The Morgan fingerprint density at radius 1 is 1.11 bits per heavy atom. The van der Waals surface area contributed by atoms with E-state index in [4.69, 9.17) is 0 Å². The van der Waals surface area contributed by atoms with Gasteiger partial charge in [0.25, 0.3) is 0 Å². The Bertz CT molecular complexity index is 718. The van der Waals surface area contributed by atoms with Crippen LogP contribution >= 0.6 is 0 Å². The van der Waals surface area contributed by atoms with E-state index in [9.17, 15) is 35.1 Å². The summed E-state index contributed by atoms with van der Waals surface area (Å²) in [6.45, 7) is -1.39. The summed E-state index contributed by atoms with van der Waals surface area (Å²) in [4.78, 5) is 24.4. The minimum atomic E-state index is -1.85. The number of hydrogen-bond acceptors (Lipinski definition) is 7. The Balaban J connectivity index is 1.78. The van der Waals surface area contributed by atoms with Crippen molar-refractivity contribution in [2.24, 2.45) is 28.6 Å². The van der Waals surface area contributed by atoms with Crippen molar-refractivity contribution < 1.29 is 35.1 Å². The van der Waals surface area contributed by atoms with Crippen molar-refractivity contribution in [1.29, 1.82) is 0 Å². The predicted octanol–water partition coefficient (Wildman–Crippen LogP) is -0.274. The van der Waals surface area contributed by atoms with Gasteiger partial charge in [-0.2, -0.15) is 0 Å². The first-order chi connectivity index (χ1) is 13.3. The zero-order valence-electron chi connectivity index (χ0n) is 16.0. The fourth-order valence-electron chi connectivity index (χ4n) is 7.42. The molecule has 3 fully saturated rings. The highest BCUT2D eigenvalue weighted by Crippen LogP contribution is 2.67. The summed E-state index contributed by atoms with van der Waals surface area (Å²) >= 11 is 0. The highest BCUT2D eigenvalue weighted by molar-refractivity contribution is 5.92. The third-order valence-electron chi connectivity index (χ3n) is 8.66. The van der Waals surface area contributed by atoms with Gasteiger partial charge in [-0.1, -0.05) is 5.57 Å². The van der Waals surface area contributed by atoms with E-state index < -0.39 is 41.5 Å². The molecule has 3 saturated carbocycles. The largest absolute Gasteiger partial charge is 0.396 e. The van der Waals surface area contributed by atoms with E-state index in [-0.39, 0.29) is 43.0 Å². The molecule has 4 rings (SSSR count). The fraction of sp³-hybridized carbons (Fsp3) is 0.810. The van der Waals surface area contributed by atoms with Gasteiger partial charge in [-0.05, 0) is 62.4 Å². The van der Waals surface area contributed by atoms with Gasteiger partial charge >= 0.3 is 0 Å². The average molecular weight is 394 g/mol. The van der Waals surface area contributed by atoms with Crippen LogP contribution in [0.15, 0.2) is 11.6 Å². The van der Waals surface area contributed by atoms with Gasteiger partial charge < -0.3 is 25.5 Å². The van der Waals surface area contributed by atoms with E-state index >= 15 is 0 Å². The maximum absolute atomic E-state index is 12.4. The smallest absolute Gasteiger partial charge is 0.190 e. The van der Waals surface area contributed by atoms with Gasteiger partial charge in [0, 0.05) is 17.3 Å². The highest BCUT2D eigenvalue weighted by Gasteiger charge is 2.70. The van der Waals surface area contributed by atoms with E-state index in [2.05, 4.69) is 0 Å². The summed E-state index contributed by atoms with van der Waals surface area (Å²) in [5.41, 5.74) is -2.78. The summed E-state index contributed by atoms with van der Waals surface area (Å²) in [5.74, 6) is -1.19. The molecule has 0 heterocycles. The molecule has 0 spiro atoms. The first kappa shape index (κ1) is 20.2. The first-order valence-corrected chi connectivity index (χ1v) is 10.3.